The van der Waals surface area contributed by atoms with Gasteiger partial charge in [0.1, 0.15) is 11.5 Å². The van der Waals surface area contributed by atoms with Gasteiger partial charge in [0.05, 0.1) is 12.6 Å². The zero-order valence-electron chi connectivity index (χ0n) is 14.4. The molecule has 6 heteroatoms. The number of carbonyl (C=O) groups excluding carboxylic acids is 2. The first-order chi connectivity index (χ1) is 12.7. The summed E-state index contributed by atoms with van der Waals surface area (Å²) in [6.45, 7) is 1.18. The Labute approximate surface area is 152 Å². The molecule has 0 bridgehead atoms. The molecule has 2 aromatic rings. The van der Waals surface area contributed by atoms with Crippen LogP contribution in [-0.4, -0.2) is 37.6 Å². The van der Waals surface area contributed by atoms with Crippen LogP contribution in [0.15, 0.2) is 54.6 Å². The van der Waals surface area contributed by atoms with Gasteiger partial charge in [-0.15, -0.1) is 0 Å². The molecule has 0 aliphatic carbocycles. The van der Waals surface area contributed by atoms with Crippen molar-refractivity contribution in [3.8, 4) is 11.5 Å². The van der Waals surface area contributed by atoms with Gasteiger partial charge < -0.3 is 20.1 Å². The van der Waals surface area contributed by atoms with E-state index < -0.39 is 0 Å². The standard InChI is InChI=1S/C20H22N2O4/c23-19(21-13-18-7-4-12-25-18)14-22-20(24)15-8-10-17(11-9-15)26-16-5-2-1-3-6-16/h1-3,5-6,8-11,18H,4,7,12-14H2,(H,21,23)(H,22,24)/t18-/m0/s1. The van der Waals surface area contributed by atoms with Crippen LogP contribution in [0.3, 0.4) is 0 Å². The molecule has 0 spiro atoms. The van der Waals surface area contributed by atoms with E-state index >= 15 is 0 Å². The predicted molar refractivity (Wildman–Crippen MR) is 97.3 cm³/mol. The molecule has 2 N–H and O–H groups in total. The number of hydrogen-bond donors (Lipinski definition) is 2. The van der Waals surface area contributed by atoms with Crippen LogP contribution >= 0.6 is 0 Å². The number of hydrogen-bond acceptors (Lipinski definition) is 4. The normalized spacial score (nSPS) is 16.1. The van der Waals surface area contributed by atoms with Gasteiger partial charge in [-0.3, -0.25) is 9.59 Å². The van der Waals surface area contributed by atoms with Crippen molar-refractivity contribution in [1.29, 1.82) is 0 Å². The van der Waals surface area contributed by atoms with Crippen molar-refractivity contribution in [3.05, 3.63) is 60.2 Å². The number of amides is 2. The molecule has 1 aliphatic heterocycles. The van der Waals surface area contributed by atoms with Gasteiger partial charge >= 0.3 is 0 Å². The first-order valence-corrected chi connectivity index (χ1v) is 8.70. The lowest BCUT2D eigenvalue weighted by atomic mass is 10.2. The molecule has 136 valence electrons. The minimum atomic E-state index is -0.302. The molecule has 1 heterocycles. The Hall–Kier alpha value is -2.86. The third-order valence-corrected chi connectivity index (χ3v) is 4.06. The van der Waals surface area contributed by atoms with E-state index in [0.717, 1.165) is 25.2 Å². The van der Waals surface area contributed by atoms with E-state index in [0.29, 0.717) is 17.9 Å². The first-order valence-electron chi connectivity index (χ1n) is 8.70. The van der Waals surface area contributed by atoms with Crippen molar-refractivity contribution in [2.45, 2.75) is 18.9 Å². The van der Waals surface area contributed by atoms with Gasteiger partial charge in [-0.1, -0.05) is 18.2 Å². The maximum Gasteiger partial charge on any atom is 0.251 e. The molecule has 6 nitrogen and oxygen atoms in total. The Morgan fingerprint density at radius 2 is 1.73 bits per heavy atom. The van der Waals surface area contributed by atoms with Crippen molar-refractivity contribution in [2.75, 3.05) is 19.7 Å². The Morgan fingerprint density at radius 3 is 2.42 bits per heavy atom. The lowest BCUT2D eigenvalue weighted by Crippen LogP contribution is -2.39. The van der Waals surface area contributed by atoms with Gasteiger partial charge in [-0.2, -0.15) is 0 Å². The fraction of sp³-hybridized carbons (Fsp3) is 0.300. The summed E-state index contributed by atoms with van der Waals surface area (Å²) >= 11 is 0. The van der Waals surface area contributed by atoms with E-state index in [-0.39, 0.29) is 24.5 Å². The second-order valence-electron chi connectivity index (χ2n) is 6.06. The molecule has 26 heavy (non-hydrogen) atoms. The Morgan fingerprint density at radius 1 is 1.00 bits per heavy atom. The van der Waals surface area contributed by atoms with Gasteiger partial charge in [0.2, 0.25) is 5.91 Å². The number of rotatable bonds is 7. The molecule has 1 fully saturated rings. The summed E-state index contributed by atoms with van der Waals surface area (Å²) in [4.78, 5) is 23.9. The third-order valence-electron chi connectivity index (χ3n) is 4.06. The largest absolute Gasteiger partial charge is 0.457 e. The summed E-state index contributed by atoms with van der Waals surface area (Å²) < 4.78 is 11.1. The molecule has 1 atom stereocenters. The highest BCUT2D eigenvalue weighted by Crippen LogP contribution is 2.21. The van der Waals surface area contributed by atoms with E-state index in [4.69, 9.17) is 9.47 Å². The zero-order chi connectivity index (χ0) is 18.2. The minimum Gasteiger partial charge on any atom is -0.457 e. The quantitative estimate of drug-likeness (QED) is 0.801. The van der Waals surface area contributed by atoms with Crippen molar-refractivity contribution in [3.63, 3.8) is 0 Å². The summed E-state index contributed by atoms with van der Waals surface area (Å²) in [5, 5.41) is 5.38. The predicted octanol–water partition coefficient (Wildman–Crippen LogP) is 2.50. The fourth-order valence-electron chi connectivity index (χ4n) is 2.66. The smallest absolute Gasteiger partial charge is 0.251 e. The van der Waals surface area contributed by atoms with E-state index in [1.165, 1.54) is 0 Å². The zero-order valence-corrected chi connectivity index (χ0v) is 14.4. The van der Waals surface area contributed by atoms with E-state index in [1.54, 1.807) is 24.3 Å². The molecule has 1 aliphatic rings. The summed E-state index contributed by atoms with van der Waals surface area (Å²) in [7, 11) is 0. The lowest BCUT2D eigenvalue weighted by molar-refractivity contribution is -0.120. The topological polar surface area (TPSA) is 76.7 Å². The molecule has 0 unspecified atom stereocenters. The van der Waals surface area contributed by atoms with Crippen LogP contribution in [0.5, 0.6) is 11.5 Å². The number of ether oxygens (including phenoxy) is 2. The van der Waals surface area contributed by atoms with Crippen LogP contribution in [-0.2, 0) is 9.53 Å². The van der Waals surface area contributed by atoms with Crippen LogP contribution in [0.2, 0.25) is 0 Å². The van der Waals surface area contributed by atoms with Crippen LogP contribution in [0.4, 0.5) is 0 Å². The van der Waals surface area contributed by atoms with Crippen molar-refractivity contribution >= 4 is 11.8 Å². The SMILES string of the molecule is O=C(CNC(=O)c1ccc(Oc2ccccc2)cc1)NC[C@@H]1CCCO1. The first kappa shape index (κ1) is 17.9. The molecular formula is C20H22N2O4. The summed E-state index contributed by atoms with van der Waals surface area (Å²) in [6.07, 6.45) is 2.08. The molecule has 3 rings (SSSR count). The lowest BCUT2D eigenvalue weighted by Gasteiger charge is -2.11. The van der Waals surface area contributed by atoms with E-state index in [1.807, 2.05) is 30.3 Å². The highest BCUT2D eigenvalue weighted by Gasteiger charge is 2.16. The Bertz CT molecular complexity index is 725. The van der Waals surface area contributed by atoms with Crippen molar-refractivity contribution in [2.24, 2.45) is 0 Å². The van der Waals surface area contributed by atoms with E-state index in [2.05, 4.69) is 10.6 Å². The van der Waals surface area contributed by atoms with Gasteiger partial charge in [0.15, 0.2) is 0 Å². The third kappa shape index (κ3) is 5.32. The van der Waals surface area contributed by atoms with Gasteiger partial charge in [-0.05, 0) is 49.2 Å². The van der Waals surface area contributed by atoms with Crippen LogP contribution < -0.4 is 15.4 Å². The van der Waals surface area contributed by atoms with E-state index in [9.17, 15) is 9.59 Å². The van der Waals surface area contributed by atoms with Gasteiger partial charge in [0, 0.05) is 18.7 Å². The van der Waals surface area contributed by atoms with Crippen LogP contribution in [0.25, 0.3) is 0 Å². The Kier molecular flexibility index (Phi) is 6.22. The van der Waals surface area contributed by atoms with Crippen LogP contribution in [0, 0.1) is 0 Å². The number of nitrogens with one attached hydrogen (secondary N) is 2. The van der Waals surface area contributed by atoms with Gasteiger partial charge in [-0.25, -0.2) is 0 Å². The maximum atomic E-state index is 12.1. The molecule has 2 aromatic carbocycles. The summed E-state index contributed by atoms with van der Waals surface area (Å²) in [5.41, 5.74) is 0.470. The second kappa shape index (κ2) is 9.01. The Balaban J connectivity index is 1.43. The summed E-state index contributed by atoms with van der Waals surface area (Å²) in [6, 6.07) is 16.2. The van der Waals surface area contributed by atoms with Crippen LogP contribution in [0.1, 0.15) is 23.2 Å². The molecular weight excluding hydrogens is 332 g/mol. The minimum absolute atomic E-state index is 0.0617. The number of para-hydroxylation sites is 1. The monoisotopic (exact) mass is 354 g/mol. The van der Waals surface area contributed by atoms with Crippen molar-refractivity contribution in [1.82, 2.24) is 10.6 Å². The fourth-order valence-corrected chi connectivity index (χ4v) is 2.66. The number of carbonyl (C=O) groups is 2. The molecule has 0 saturated carbocycles. The molecule has 0 aromatic heterocycles. The average molecular weight is 354 g/mol. The molecule has 0 radical (unpaired) electrons. The van der Waals surface area contributed by atoms with Crippen molar-refractivity contribution < 1.29 is 19.1 Å². The molecule has 2 amide bonds. The average Bonchev–Trinajstić information content (AvgIpc) is 3.19. The van der Waals surface area contributed by atoms with Gasteiger partial charge in [0.25, 0.3) is 5.91 Å². The summed E-state index contributed by atoms with van der Waals surface area (Å²) in [5.74, 6) is 0.844. The highest BCUT2D eigenvalue weighted by atomic mass is 16.5. The maximum absolute atomic E-state index is 12.1. The molecule has 1 saturated heterocycles. The second-order valence-corrected chi connectivity index (χ2v) is 6.06. The highest BCUT2D eigenvalue weighted by molar-refractivity contribution is 5.96. The number of benzene rings is 2.